The predicted molar refractivity (Wildman–Crippen MR) is 82.3 cm³/mol. The largest absolute Gasteiger partial charge is 0.481 e. The molecule has 1 aromatic carbocycles. The number of benzene rings is 1. The zero-order valence-corrected chi connectivity index (χ0v) is 12.2. The van der Waals surface area contributed by atoms with Crippen LogP contribution >= 0.6 is 0 Å². The van der Waals surface area contributed by atoms with Crippen LogP contribution < -0.4 is 15.4 Å². The smallest absolute Gasteiger partial charge is 0.238 e. The number of hydrogen-bond acceptors (Lipinski definition) is 4. The lowest BCUT2D eigenvalue weighted by Gasteiger charge is -2.08. The molecule has 0 saturated heterocycles. The van der Waals surface area contributed by atoms with E-state index in [1.165, 1.54) is 0 Å². The van der Waals surface area contributed by atoms with Crippen LogP contribution in [0.25, 0.3) is 0 Å². The van der Waals surface area contributed by atoms with Crippen LogP contribution in [0.2, 0.25) is 0 Å². The maximum atomic E-state index is 11.8. The summed E-state index contributed by atoms with van der Waals surface area (Å²) in [5.41, 5.74) is 2.95. The third-order valence-electron chi connectivity index (χ3n) is 2.92. The SMILES string of the molecule is COc1cc(CNCC(=O)Nc2cccc(C)c2)ccn1. The van der Waals surface area contributed by atoms with Crippen molar-refractivity contribution in [2.75, 3.05) is 19.0 Å². The Balaban J connectivity index is 1.79. The molecule has 110 valence electrons. The first-order chi connectivity index (χ1) is 10.2. The molecule has 0 fully saturated rings. The minimum absolute atomic E-state index is 0.0679. The van der Waals surface area contributed by atoms with Crippen molar-refractivity contribution in [2.45, 2.75) is 13.5 Å². The molecule has 21 heavy (non-hydrogen) atoms. The van der Waals surface area contributed by atoms with Gasteiger partial charge in [0.2, 0.25) is 11.8 Å². The van der Waals surface area contributed by atoms with Crippen molar-refractivity contribution in [1.82, 2.24) is 10.3 Å². The van der Waals surface area contributed by atoms with Crippen molar-refractivity contribution in [3.63, 3.8) is 0 Å². The quantitative estimate of drug-likeness (QED) is 0.853. The molecule has 2 aromatic rings. The first-order valence-electron chi connectivity index (χ1n) is 6.73. The van der Waals surface area contributed by atoms with Gasteiger partial charge in [-0.25, -0.2) is 4.98 Å². The number of rotatable bonds is 6. The van der Waals surface area contributed by atoms with Gasteiger partial charge in [-0.3, -0.25) is 4.79 Å². The van der Waals surface area contributed by atoms with Gasteiger partial charge in [-0.2, -0.15) is 0 Å². The Morgan fingerprint density at radius 1 is 1.29 bits per heavy atom. The molecule has 0 radical (unpaired) electrons. The van der Waals surface area contributed by atoms with Crippen molar-refractivity contribution in [2.24, 2.45) is 0 Å². The normalized spacial score (nSPS) is 10.2. The van der Waals surface area contributed by atoms with Gasteiger partial charge in [-0.1, -0.05) is 12.1 Å². The van der Waals surface area contributed by atoms with E-state index >= 15 is 0 Å². The van der Waals surface area contributed by atoms with Gasteiger partial charge >= 0.3 is 0 Å². The van der Waals surface area contributed by atoms with Crippen molar-refractivity contribution in [3.8, 4) is 5.88 Å². The van der Waals surface area contributed by atoms with Crippen LogP contribution in [-0.4, -0.2) is 24.5 Å². The van der Waals surface area contributed by atoms with Crippen LogP contribution in [-0.2, 0) is 11.3 Å². The average molecular weight is 285 g/mol. The molecule has 0 bridgehead atoms. The van der Waals surface area contributed by atoms with E-state index in [1.807, 2.05) is 43.3 Å². The first-order valence-corrected chi connectivity index (χ1v) is 6.73. The zero-order valence-electron chi connectivity index (χ0n) is 12.2. The Kier molecular flexibility index (Phi) is 5.29. The van der Waals surface area contributed by atoms with Gasteiger partial charge in [0.05, 0.1) is 13.7 Å². The standard InChI is InChI=1S/C16H19N3O2/c1-12-4-3-5-14(8-12)19-15(20)11-17-10-13-6-7-18-16(9-13)21-2/h3-9,17H,10-11H2,1-2H3,(H,19,20). The third-order valence-corrected chi connectivity index (χ3v) is 2.92. The number of methoxy groups -OCH3 is 1. The molecule has 0 unspecified atom stereocenters. The van der Waals surface area contributed by atoms with Crippen molar-refractivity contribution < 1.29 is 9.53 Å². The Bertz CT molecular complexity index is 614. The number of aryl methyl sites for hydroxylation is 1. The highest BCUT2D eigenvalue weighted by atomic mass is 16.5. The molecule has 0 aliphatic carbocycles. The maximum Gasteiger partial charge on any atom is 0.238 e. The predicted octanol–water partition coefficient (Wildman–Crippen LogP) is 2.13. The van der Waals surface area contributed by atoms with Gasteiger partial charge < -0.3 is 15.4 Å². The number of carbonyl (C=O) groups excluding carboxylic acids is 1. The number of aromatic nitrogens is 1. The Labute approximate surface area is 124 Å². The van der Waals surface area contributed by atoms with Gasteiger partial charge in [-0.15, -0.1) is 0 Å². The molecular weight excluding hydrogens is 266 g/mol. The van der Waals surface area contributed by atoms with Crippen LogP contribution in [0, 0.1) is 6.92 Å². The highest BCUT2D eigenvalue weighted by Crippen LogP contribution is 2.09. The molecule has 1 aromatic heterocycles. The van der Waals surface area contributed by atoms with Gasteiger partial charge in [-0.05, 0) is 36.2 Å². The second-order valence-corrected chi connectivity index (χ2v) is 4.73. The molecular formula is C16H19N3O2. The molecule has 5 heteroatoms. The summed E-state index contributed by atoms with van der Waals surface area (Å²) in [5.74, 6) is 0.500. The summed E-state index contributed by atoms with van der Waals surface area (Å²) >= 11 is 0. The number of carbonyl (C=O) groups is 1. The summed E-state index contributed by atoms with van der Waals surface area (Å²) in [4.78, 5) is 15.9. The summed E-state index contributed by atoms with van der Waals surface area (Å²) in [6, 6.07) is 11.4. The lowest BCUT2D eigenvalue weighted by Crippen LogP contribution is -2.27. The number of nitrogens with one attached hydrogen (secondary N) is 2. The topological polar surface area (TPSA) is 63.2 Å². The van der Waals surface area contributed by atoms with E-state index in [0.29, 0.717) is 12.4 Å². The second kappa shape index (κ2) is 7.40. The Morgan fingerprint density at radius 3 is 2.90 bits per heavy atom. The number of ether oxygens (including phenoxy) is 1. The lowest BCUT2D eigenvalue weighted by molar-refractivity contribution is -0.115. The van der Waals surface area contributed by atoms with Crippen LogP contribution in [0.3, 0.4) is 0 Å². The van der Waals surface area contributed by atoms with E-state index in [-0.39, 0.29) is 12.5 Å². The minimum Gasteiger partial charge on any atom is -0.481 e. The maximum absolute atomic E-state index is 11.8. The zero-order chi connectivity index (χ0) is 15.1. The summed E-state index contributed by atoms with van der Waals surface area (Å²) in [6.45, 7) is 2.82. The second-order valence-electron chi connectivity index (χ2n) is 4.73. The number of anilines is 1. The molecule has 0 aliphatic rings. The van der Waals surface area contributed by atoms with Crippen molar-refractivity contribution in [1.29, 1.82) is 0 Å². The number of hydrogen-bond donors (Lipinski definition) is 2. The van der Waals surface area contributed by atoms with Crippen LogP contribution in [0.5, 0.6) is 5.88 Å². The highest BCUT2D eigenvalue weighted by molar-refractivity contribution is 5.92. The number of pyridine rings is 1. The molecule has 0 saturated carbocycles. The van der Waals surface area contributed by atoms with Crippen molar-refractivity contribution in [3.05, 3.63) is 53.7 Å². The molecule has 1 heterocycles. The van der Waals surface area contributed by atoms with Gasteiger partial charge in [0.25, 0.3) is 0 Å². The Hall–Kier alpha value is -2.40. The molecule has 0 spiro atoms. The average Bonchev–Trinajstić information content (AvgIpc) is 2.47. The summed E-state index contributed by atoms with van der Waals surface area (Å²) < 4.78 is 5.05. The summed E-state index contributed by atoms with van der Waals surface area (Å²) in [5, 5.41) is 5.95. The highest BCUT2D eigenvalue weighted by Gasteiger charge is 2.03. The fourth-order valence-electron chi connectivity index (χ4n) is 1.92. The van der Waals surface area contributed by atoms with E-state index in [9.17, 15) is 4.79 Å². The van der Waals surface area contributed by atoms with E-state index < -0.39 is 0 Å². The van der Waals surface area contributed by atoms with Crippen LogP contribution in [0.4, 0.5) is 5.69 Å². The first kappa shape index (κ1) is 15.0. The molecule has 1 amide bonds. The fraction of sp³-hybridized carbons (Fsp3) is 0.250. The molecule has 5 nitrogen and oxygen atoms in total. The summed E-state index contributed by atoms with van der Waals surface area (Å²) in [6.07, 6.45) is 1.68. The lowest BCUT2D eigenvalue weighted by atomic mass is 10.2. The van der Waals surface area contributed by atoms with Crippen LogP contribution in [0.15, 0.2) is 42.6 Å². The molecule has 0 atom stereocenters. The number of amides is 1. The van der Waals surface area contributed by atoms with E-state index in [0.717, 1.165) is 16.8 Å². The van der Waals surface area contributed by atoms with Gasteiger partial charge in [0.15, 0.2) is 0 Å². The van der Waals surface area contributed by atoms with Gasteiger partial charge in [0, 0.05) is 24.5 Å². The molecule has 2 rings (SSSR count). The number of nitrogens with zero attached hydrogens (tertiary/aromatic N) is 1. The fourth-order valence-corrected chi connectivity index (χ4v) is 1.92. The van der Waals surface area contributed by atoms with Crippen molar-refractivity contribution >= 4 is 11.6 Å². The molecule has 2 N–H and O–H groups in total. The van der Waals surface area contributed by atoms with E-state index in [1.54, 1.807) is 13.3 Å². The van der Waals surface area contributed by atoms with E-state index in [2.05, 4.69) is 15.6 Å². The third kappa shape index (κ3) is 4.89. The Morgan fingerprint density at radius 2 is 2.14 bits per heavy atom. The minimum atomic E-state index is -0.0679. The summed E-state index contributed by atoms with van der Waals surface area (Å²) in [7, 11) is 1.58. The van der Waals surface area contributed by atoms with E-state index in [4.69, 9.17) is 4.74 Å². The monoisotopic (exact) mass is 285 g/mol. The molecule has 0 aliphatic heterocycles. The van der Waals surface area contributed by atoms with Crippen LogP contribution in [0.1, 0.15) is 11.1 Å². The van der Waals surface area contributed by atoms with Gasteiger partial charge in [0.1, 0.15) is 0 Å².